The minimum atomic E-state index is -0.223. The van der Waals surface area contributed by atoms with E-state index in [0.717, 1.165) is 32.0 Å². The molecule has 1 aliphatic rings. The van der Waals surface area contributed by atoms with E-state index in [-0.39, 0.29) is 30.1 Å². The number of nitrogens with one attached hydrogen (secondary N) is 1. The summed E-state index contributed by atoms with van der Waals surface area (Å²) in [5.41, 5.74) is 2.60. The predicted molar refractivity (Wildman–Crippen MR) is 112 cm³/mol. The van der Waals surface area contributed by atoms with Crippen molar-refractivity contribution in [1.82, 2.24) is 15.1 Å². The van der Waals surface area contributed by atoms with Crippen LogP contribution in [0.1, 0.15) is 18.1 Å². The Hall–Kier alpha value is -1.51. The summed E-state index contributed by atoms with van der Waals surface area (Å²) < 4.78 is 5.05. The highest BCUT2D eigenvalue weighted by atomic mass is 127. The maximum atomic E-state index is 11.7. The van der Waals surface area contributed by atoms with Gasteiger partial charge in [-0.15, -0.1) is 24.0 Å². The summed E-state index contributed by atoms with van der Waals surface area (Å²) in [6, 6.07) is 8.60. The first-order valence-electron chi connectivity index (χ1n) is 8.57. The van der Waals surface area contributed by atoms with Crippen molar-refractivity contribution in [3.63, 3.8) is 0 Å². The van der Waals surface area contributed by atoms with Crippen molar-refractivity contribution in [2.24, 2.45) is 4.99 Å². The second kappa shape index (κ2) is 11.2. The lowest BCUT2D eigenvalue weighted by molar-refractivity contribution is 0.0915. The maximum absolute atomic E-state index is 11.7. The van der Waals surface area contributed by atoms with Gasteiger partial charge in [0.15, 0.2) is 5.96 Å². The summed E-state index contributed by atoms with van der Waals surface area (Å²) in [5.74, 6) is 0.894. The quantitative estimate of drug-likeness (QED) is 0.426. The fourth-order valence-electron chi connectivity index (χ4n) is 2.72. The van der Waals surface area contributed by atoms with E-state index < -0.39 is 0 Å². The van der Waals surface area contributed by atoms with E-state index in [2.05, 4.69) is 46.4 Å². The van der Waals surface area contributed by atoms with Gasteiger partial charge in [-0.25, -0.2) is 4.79 Å². The number of nitrogens with zero attached hydrogens (tertiary/aromatic N) is 3. The molecular weight excluding hydrogens is 431 g/mol. The van der Waals surface area contributed by atoms with Gasteiger partial charge >= 0.3 is 6.09 Å². The third-order valence-electron chi connectivity index (χ3n) is 4.13. The van der Waals surface area contributed by atoms with Crippen molar-refractivity contribution in [2.45, 2.75) is 20.3 Å². The van der Waals surface area contributed by atoms with Crippen LogP contribution < -0.4 is 5.32 Å². The third-order valence-corrected chi connectivity index (χ3v) is 4.13. The first kappa shape index (κ1) is 21.5. The fraction of sp³-hybridized carbons (Fsp3) is 0.556. The molecule has 1 saturated heterocycles. The highest BCUT2D eigenvalue weighted by Gasteiger charge is 2.23. The van der Waals surface area contributed by atoms with Crippen molar-refractivity contribution < 1.29 is 9.53 Å². The second-order valence-electron chi connectivity index (χ2n) is 5.88. The van der Waals surface area contributed by atoms with Crippen LogP contribution in [0.25, 0.3) is 0 Å². The number of rotatable bonds is 4. The van der Waals surface area contributed by atoms with Crippen molar-refractivity contribution in [1.29, 1.82) is 0 Å². The van der Waals surface area contributed by atoms with Gasteiger partial charge in [-0.1, -0.05) is 29.8 Å². The molecule has 0 aromatic heterocycles. The Morgan fingerprint density at radius 1 is 1.16 bits per heavy atom. The number of halogens is 1. The van der Waals surface area contributed by atoms with Gasteiger partial charge < -0.3 is 19.9 Å². The van der Waals surface area contributed by atoms with E-state index in [0.29, 0.717) is 19.7 Å². The summed E-state index contributed by atoms with van der Waals surface area (Å²) in [6.45, 7) is 8.05. The smallest absolute Gasteiger partial charge is 0.409 e. The molecule has 0 radical (unpaired) electrons. The lowest BCUT2D eigenvalue weighted by atomic mass is 10.1. The van der Waals surface area contributed by atoms with Gasteiger partial charge in [0, 0.05) is 39.8 Å². The molecule has 1 N–H and O–H groups in total. The number of benzene rings is 1. The Labute approximate surface area is 167 Å². The molecule has 0 aliphatic carbocycles. The zero-order valence-corrected chi connectivity index (χ0v) is 17.7. The normalized spacial score (nSPS) is 14.8. The van der Waals surface area contributed by atoms with Crippen LogP contribution in [0, 0.1) is 6.92 Å². The molecule has 1 aromatic rings. The molecule has 25 heavy (non-hydrogen) atoms. The van der Waals surface area contributed by atoms with Crippen molar-refractivity contribution >= 4 is 36.0 Å². The summed E-state index contributed by atoms with van der Waals surface area (Å²) in [4.78, 5) is 20.0. The van der Waals surface area contributed by atoms with E-state index >= 15 is 0 Å². The van der Waals surface area contributed by atoms with Crippen molar-refractivity contribution in [2.75, 3.05) is 46.4 Å². The lowest BCUT2D eigenvalue weighted by Crippen LogP contribution is -2.54. The maximum Gasteiger partial charge on any atom is 0.409 e. The van der Waals surface area contributed by atoms with Crippen LogP contribution in [-0.2, 0) is 11.2 Å². The van der Waals surface area contributed by atoms with Gasteiger partial charge in [-0.05, 0) is 25.8 Å². The fourth-order valence-corrected chi connectivity index (χ4v) is 2.72. The SMILES string of the molecule is CCOC(=O)N1CCN(C(=NC)NCCc2ccc(C)cc2)CC1.I. The van der Waals surface area contributed by atoms with E-state index in [9.17, 15) is 4.79 Å². The first-order valence-corrected chi connectivity index (χ1v) is 8.57. The van der Waals surface area contributed by atoms with E-state index in [1.807, 2.05) is 6.92 Å². The molecule has 140 valence electrons. The molecule has 1 heterocycles. The third kappa shape index (κ3) is 6.72. The standard InChI is InChI=1S/C18H28N4O2.HI/c1-4-24-18(23)22-13-11-21(12-14-22)17(19-3)20-10-9-16-7-5-15(2)6-8-16;/h5-8H,4,9-14H2,1-3H3,(H,19,20);1H. The van der Waals surface area contributed by atoms with E-state index in [4.69, 9.17) is 4.74 Å². The minimum absolute atomic E-state index is 0. The van der Waals surface area contributed by atoms with Crippen LogP contribution in [0.2, 0.25) is 0 Å². The first-order chi connectivity index (χ1) is 11.6. The minimum Gasteiger partial charge on any atom is -0.450 e. The summed E-state index contributed by atoms with van der Waals surface area (Å²) in [7, 11) is 1.80. The van der Waals surface area contributed by atoms with Gasteiger partial charge in [0.05, 0.1) is 6.61 Å². The number of aliphatic imine (C=N–C) groups is 1. The number of ether oxygens (including phenoxy) is 1. The second-order valence-corrected chi connectivity index (χ2v) is 5.88. The predicted octanol–water partition coefficient (Wildman–Crippen LogP) is 2.51. The Kier molecular flexibility index (Phi) is 9.62. The Morgan fingerprint density at radius 3 is 2.32 bits per heavy atom. The Balaban J connectivity index is 0.00000312. The number of carbonyl (C=O) groups excluding carboxylic acids is 1. The number of guanidine groups is 1. The highest BCUT2D eigenvalue weighted by Crippen LogP contribution is 2.05. The molecule has 7 heteroatoms. The summed E-state index contributed by atoms with van der Waals surface area (Å²) in [5, 5.41) is 3.41. The largest absolute Gasteiger partial charge is 0.450 e. The average molecular weight is 460 g/mol. The number of carbonyl (C=O) groups is 1. The highest BCUT2D eigenvalue weighted by molar-refractivity contribution is 14.0. The summed E-state index contributed by atoms with van der Waals surface area (Å²) in [6.07, 6.45) is 0.738. The topological polar surface area (TPSA) is 57.2 Å². The molecule has 0 unspecified atom stereocenters. The molecule has 2 rings (SSSR count). The van der Waals surface area contributed by atoms with Gasteiger partial charge in [-0.3, -0.25) is 4.99 Å². The van der Waals surface area contributed by atoms with Gasteiger partial charge in [-0.2, -0.15) is 0 Å². The Morgan fingerprint density at radius 2 is 1.76 bits per heavy atom. The zero-order valence-electron chi connectivity index (χ0n) is 15.3. The van der Waals surface area contributed by atoms with Crippen LogP contribution in [0.15, 0.2) is 29.3 Å². The molecule has 6 nitrogen and oxygen atoms in total. The molecule has 0 spiro atoms. The molecule has 1 aliphatic heterocycles. The number of amides is 1. The number of hydrogen-bond donors (Lipinski definition) is 1. The van der Waals surface area contributed by atoms with Gasteiger partial charge in [0.2, 0.25) is 0 Å². The monoisotopic (exact) mass is 460 g/mol. The number of piperazine rings is 1. The van der Waals surface area contributed by atoms with E-state index in [1.165, 1.54) is 11.1 Å². The molecule has 0 atom stereocenters. The van der Waals surface area contributed by atoms with Gasteiger partial charge in [0.1, 0.15) is 0 Å². The Bertz CT molecular complexity index is 555. The van der Waals surface area contributed by atoms with Crippen molar-refractivity contribution in [3.05, 3.63) is 35.4 Å². The average Bonchev–Trinajstić information content (AvgIpc) is 2.61. The zero-order chi connectivity index (χ0) is 17.4. The van der Waals surface area contributed by atoms with Crippen LogP contribution in [0.3, 0.4) is 0 Å². The van der Waals surface area contributed by atoms with Gasteiger partial charge in [0.25, 0.3) is 0 Å². The number of aryl methyl sites for hydroxylation is 1. The van der Waals surface area contributed by atoms with Crippen LogP contribution >= 0.6 is 24.0 Å². The lowest BCUT2D eigenvalue weighted by Gasteiger charge is -2.35. The molecule has 1 fully saturated rings. The summed E-state index contributed by atoms with van der Waals surface area (Å²) >= 11 is 0. The molecular formula is C18H29IN4O2. The van der Waals surface area contributed by atoms with E-state index in [1.54, 1.807) is 11.9 Å². The van der Waals surface area contributed by atoms with Crippen LogP contribution in [0.5, 0.6) is 0 Å². The molecule has 0 saturated carbocycles. The number of hydrogen-bond acceptors (Lipinski definition) is 3. The molecule has 1 aromatic carbocycles. The van der Waals surface area contributed by atoms with Crippen molar-refractivity contribution in [3.8, 4) is 0 Å². The van der Waals surface area contributed by atoms with Crippen LogP contribution in [-0.4, -0.2) is 68.2 Å². The van der Waals surface area contributed by atoms with Crippen LogP contribution in [0.4, 0.5) is 4.79 Å². The molecule has 0 bridgehead atoms. The molecule has 1 amide bonds.